The van der Waals surface area contributed by atoms with Gasteiger partial charge in [0.1, 0.15) is 0 Å². The highest BCUT2D eigenvalue weighted by Gasteiger charge is 2.23. The van der Waals surface area contributed by atoms with Gasteiger partial charge in [0.15, 0.2) is 0 Å². The molecule has 2 rings (SSSR count). The molecule has 0 spiro atoms. The smallest absolute Gasteiger partial charge is 0.0455 e. The van der Waals surface area contributed by atoms with Gasteiger partial charge in [-0.2, -0.15) is 0 Å². The Balaban J connectivity index is 2.27. The molecule has 18 heavy (non-hydrogen) atoms. The molecule has 1 saturated heterocycles. The van der Waals surface area contributed by atoms with E-state index in [1.54, 1.807) is 0 Å². The van der Waals surface area contributed by atoms with Gasteiger partial charge in [-0.15, -0.1) is 6.58 Å². The Morgan fingerprint density at radius 2 is 2.06 bits per heavy atom. The van der Waals surface area contributed by atoms with Gasteiger partial charge in [-0.05, 0) is 30.2 Å². The fraction of sp³-hybridized carbons (Fsp3) is 0.429. The molecule has 1 atom stereocenters. The zero-order valence-corrected chi connectivity index (χ0v) is 11.8. The molecule has 1 heterocycles. The highest BCUT2D eigenvalue weighted by Crippen LogP contribution is 2.32. The maximum absolute atomic E-state index is 6.31. The van der Waals surface area contributed by atoms with Crippen LogP contribution in [0.1, 0.15) is 18.0 Å². The molecule has 0 amide bonds. The van der Waals surface area contributed by atoms with Crippen molar-refractivity contribution >= 4 is 23.2 Å². The van der Waals surface area contributed by atoms with Crippen LogP contribution in [0.4, 0.5) is 0 Å². The van der Waals surface area contributed by atoms with Crippen molar-refractivity contribution in [2.24, 2.45) is 0 Å². The van der Waals surface area contributed by atoms with Gasteiger partial charge in [0.25, 0.3) is 0 Å². The second-order valence-electron chi connectivity index (χ2n) is 4.49. The molecule has 2 nitrogen and oxygen atoms in total. The van der Waals surface area contributed by atoms with E-state index in [-0.39, 0.29) is 6.04 Å². The van der Waals surface area contributed by atoms with Crippen molar-refractivity contribution in [3.63, 3.8) is 0 Å². The molecule has 0 aromatic heterocycles. The molecule has 1 N–H and O–H groups in total. The monoisotopic (exact) mass is 284 g/mol. The van der Waals surface area contributed by atoms with Crippen molar-refractivity contribution in [3.05, 3.63) is 46.5 Å². The Kier molecular flexibility index (Phi) is 5.07. The minimum absolute atomic E-state index is 0.274. The van der Waals surface area contributed by atoms with Crippen LogP contribution in [0.15, 0.2) is 30.9 Å². The molecular formula is C14H18Cl2N2. The lowest BCUT2D eigenvalue weighted by Crippen LogP contribution is -2.45. The number of hydrogen-bond donors (Lipinski definition) is 1. The highest BCUT2D eigenvalue weighted by atomic mass is 35.5. The molecule has 0 aliphatic carbocycles. The number of nitrogens with zero attached hydrogens (tertiary/aromatic N) is 1. The highest BCUT2D eigenvalue weighted by molar-refractivity contribution is 6.33. The van der Waals surface area contributed by atoms with Crippen LogP contribution in [0.2, 0.25) is 10.0 Å². The van der Waals surface area contributed by atoms with Gasteiger partial charge in [0.2, 0.25) is 0 Å². The molecule has 1 aromatic carbocycles. The Morgan fingerprint density at radius 1 is 1.33 bits per heavy atom. The van der Waals surface area contributed by atoms with Crippen LogP contribution in [-0.2, 0) is 0 Å². The van der Waals surface area contributed by atoms with Crippen LogP contribution in [-0.4, -0.2) is 31.1 Å². The molecular weight excluding hydrogens is 267 g/mol. The quantitative estimate of drug-likeness (QED) is 0.852. The standard InChI is InChI=1S/C14H18Cl2N2/c1-2-3-14(18-8-6-17-7-9-18)12-10-11(15)4-5-13(12)16/h2,4-5,10,14,17H,1,3,6-9H2/t14-/m1/s1. The topological polar surface area (TPSA) is 15.3 Å². The Labute approximate surface area is 119 Å². The summed E-state index contributed by atoms with van der Waals surface area (Å²) in [5.74, 6) is 0. The summed E-state index contributed by atoms with van der Waals surface area (Å²) < 4.78 is 0. The average molecular weight is 285 g/mol. The van der Waals surface area contributed by atoms with Gasteiger partial charge in [-0.3, -0.25) is 4.90 Å². The zero-order valence-electron chi connectivity index (χ0n) is 10.3. The van der Waals surface area contributed by atoms with Gasteiger partial charge < -0.3 is 5.32 Å². The van der Waals surface area contributed by atoms with Crippen LogP contribution in [0.25, 0.3) is 0 Å². The van der Waals surface area contributed by atoms with Crippen molar-refractivity contribution in [2.45, 2.75) is 12.5 Å². The summed E-state index contributed by atoms with van der Waals surface area (Å²) in [7, 11) is 0. The first-order valence-electron chi connectivity index (χ1n) is 6.23. The lowest BCUT2D eigenvalue weighted by atomic mass is 10.0. The van der Waals surface area contributed by atoms with Crippen LogP contribution >= 0.6 is 23.2 Å². The van der Waals surface area contributed by atoms with E-state index in [4.69, 9.17) is 23.2 Å². The second kappa shape index (κ2) is 6.58. The van der Waals surface area contributed by atoms with E-state index in [0.717, 1.165) is 48.2 Å². The van der Waals surface area contributed by atoms with Crippen molar-refractivity contribution in [1.29, 1.82) is 0 Å². The van der Waals surface area contributed by atoms with E-state index < -0.39 is 0 Å². The normalized spacial score (nSPS) is 18.6. The van der Waals surface area contributed by atoms with Crippen LogP contribution in [0.3, 0.4) is 0 Å². The van der Waals surface area contributed by atoms with Crippen LogP contribution < -0.4 is 5.32 Å². The SMILES string of the molecule is C=CC[C@H](c1cc(Cl)ccc1Cl)N1CCNCC1. The number of piperazine rings is 1. The van der Waals surface area contributed by atoms with E-state index in [1.807, 2.05) is 24.3 Å². The molecule has 1 aromatic rings. The van der Waals surface area contributed by atoms with Gasteiger partial charge >= 0.3 is 0 Å². The third kappa shape index (κ3) is 3.27. The second-order valence-corrected chi connectivity index (χ2v) is 5.34. The van der Waals surface area contributed by atoms with E-state index in [2.05, 4.69) is 16.8 Å². The van der Waals surface area contributed by atoms with Gasteiger partial charge in [-0.25, -0.2) is 0 Å². The minimum Gasteiger partial charge on any atom is -0.314 e. The first-order valence-corrected chi connectivity index (χ1v) is 6.98. The number of halogens is 2. The minimum atomic E-state index is 0.274. The maximum atomic E-state index is 6.31. The molecule has 1 fully saturated rings. The average Bonchev–Trinajstić information content (AvgIpc) is 2.40. The fourth-order valence-corrected chi connectivity index (χ4v) is 2.82. The van der Waals surface area contributed by atoms with Crippen molar-refractivity contribution < 1.29 is 0 Å². The van der Waals surface area contributed by atoms with Gasteiger partial charge in [0, 0.05) is 42.3 Å². The fourth-order valence-electron chi connectivity index (χ4n) is 2.39. The summed E-state index contributed by atoms with van der Waals surface area (Å²) in [5.41, 5.74) is 1.10. The predicted octanol–water partition coefficient (Wildman–Crippen LogP) is 3.52. The number of benzene rings is 1. The lowest BCUT2D eigenvalue weighted by Gasteiger charge is -2.35. The van der Waals surface area contributed by atoms with E-state index in [9.17, 15) is 0 Å². The van der Waals surface area contributed by atoms with Gasteiger partial charge in [0.05, 0.1) is 0 Å². The summed E-state index contributed by atoms with van der Waals surface area (Å²) in [6.07, 6.45) is 2.84. The molecule has 4 heteroatoms. The Bertz CT molecular complexity index is 414. The summed E-state index contributed by atoms with van der Waals surface area (Å²) >= 11 is 12.4. The largest absolute Gasteiger partial charge is 0.314 e. The summed E-state index contributed by atoms with van der Waals surface area (Å²) in [6.45, 7) is 7.95. The van der Waals surface area contributed by atoms with E-state index >= 15 is 0 Å². The maximum Gasteiger partial charge on any atom is 0.0455 e. The van der Waals surface area contributed by atoms with Gasteiger partial charge in [-0.1, -0.05) is 29.3 Å². The number of rotatable bonds is 4. The summed E-state index contributed by atoms with van der Waals surface area (Å²) in [4.78, 5) is 2.44. The lowest BCUT2D eigenvalue weighted by molar-refractivity contribution is 0.174. The Morgan fingerprint density at radius 3 is 2.72 bits per heavy atom. The molecule has 1 aliphatic heterocycles. The van der Waals surface area contributed by atoms with E-state index in [0.29, 0.717) is 0 Å². The molecule has 0 bridgehead atoms. The first kappa shape index (κ1) is 13.9. The molecule has 0 radical (unpaired) electrons. The Hall–Kier alpha value is -0.540. The zero-order chi connectivity index (χ0) is 13.0. The third-order valence-corrected chi connectivity index (χ3v) is 3.88. The van der Waals surface area contributed by atoms with Crippen molar-refractivity contribution in [1.82, 2.24) is 10.2 Å². The molecule has 0 unspecified atom stereocenters. The van der Waals surface area contributed by atoms with Crippen LogP contribution in [0, 0.1) is 0 Å². The molecule has 98 valence electrons. The van der Waals surface area contributed by atoms with Crippen molar-refractivity contribution in [2.75, 3.05) is 26.2 Å². The first-order chi connectivity index (χ1) is 8.72. The van der Waals surface area contributed by atoms with E-state index in [1.165, 1.54) is 0 Å². The van der Waals surface area contributed by atoms with Crippen molar-refractivity contribution in [3.8, 4) is 0 Å². The number of hydrogen-bond acceptors (Lipinski definition) is 2. The summed E-state index contributed by atoms with van der Waals surface area (Å²) in [6, 6.07) is 5.95. The molecule has 1 aliphatic rings. The van der Waals surface area contributed by atoms with Crippen LogP contribution in [0.5, 0.6) is 0 Å². The molecule has 0 saturated carbocycles. The third-order valence-electron chi connectivity index (χ3n) is 3.30. The summed E-state index contributed by atoms with van der Waals surface area (Å²) in [5, 5.41) is 4.88. The number of nitrogens with one attached hydrogen (secondary N) is 1. The predicted molar refractivity (Wildman–Crippen MR) is 78.5 cm³/mol.